The topological polar surface area (TPSA) is 20.3 Å². The Kier molecular flexibility index (Phi) is 3.97. The lowest BCUT2D eigenvalue weighted by Crippen LogP contribution is -2.38. The fourth-order valence-electron chi connectivity index (χ4n) is 1.85. The molecule has 1 heterocycles. The van der Waals surface area contributed by atoms with Gasteiger partial charge in [-0.25, -0.2) is 4.39 Å². The van der Waals surface area contributed by atoms with Crippen LogP contribution in [0.5, 0.6) is 0 Å². The Morgan fingerprint density at radius 1 is 1.38 bits per heavy atom. The lowest BCUT2D eigenvalue weighted by molar-refractivity contribution is 0.625. The molecule has 5 heteroatoms. The van der Waals surface area contributed by atoms with Crippen LogP contribution in [0.3, 0.4) is 0 Å². The molecular formula is C11H13BrFNOS. The van der Waals surface area contributed by atoms with Crippen molar-refractivity contribution in [1.82, 2.24) is 0 Å². The van der Waals surface area contributed by atoms with Gasteiger partial charge in [0, 0.05) is 46.4 Å². The summed E-state index contributed by atoms with van der Waals surface area (Å²) in [5, 5.41) is 0.639. The average molecular weight is 306 g/mol. The van der Waals surface area contributed by atoms with E-state index < -0.39 is 10.8 Å². The van der Waals surface area contributed by atoms with Crippen LogP contribution in [0, 0.1) is 5.82 Å². The Balaban J connectivity index is 2.22. The Labute approximate surface area is 105 Å². The molecule has 1 aliphatic rings. The summed E-state index contributed by atoms with van der Waals surface area (Å²) >= 11 is 3.37. The SMILES string of the molecule is O=S1CCN(c2ccc(F)cc2CBr)CC1. The van der Waals surface area contributed by atoms with Gasteiger partial charge in [-0.2, -0.15) is 0 Å². The minimum absolute atomic E-state index is 0.209. The van der Waals surface area contributed by atoms with Gasteiger partial charge in [-0.05, 0) is 23.8 Å². The summed E-state index contributed by atoms with van der Waals surface area (Å²) in [5.74, 6) is 1.21. The zero-order chi connectivity index (χ0) is 11.5. The Hall–Kier alpha value is -0.420. The van der Waals surface area contributed by atoms with Crippen LogP contribution in [0.15, 0.2) is 18.2 Å². The molecule has 0 amide bonds. The minimum atomic E-state index is -0.675. The molecule has 1 saturated heterocycles. The monoisotopic (exact) mass is 305 g/mol. The third-order valence-corrected chi connectivity index (χ3v) is 4.58. The Bertz CT molecular complexity index is 403. The standard InChI is InChI=1S/C11H13BrFNOS/c12-8-9-7-10(13)1-2-11(9)14-3-5-16(15)6-4-14/h1-2,7H,3-6,8H2. The first-order chi connectivity index (χ1) is 7.70. The van der Waals surface area contributed by atoms with Crippen LogP contribution in [0.4, 0.5) is 10.1 Å². The van der Waals surface area contributed by atoms with Crippen molar-refractivity contribution in [2.75, 3.05) is 29.5 Å². The van der Waals surface area contributed by atoms with Crippen molar-refractivity contribution in [2.45, 2.75) is 5.33 Å². The molecule has 1 fully saturated rings. The molecule has 16 heavy (non-hydrogen) atoms. The van der Waals surface area contributed by atoms with Gasteiger partial charge in [-0.1, -0.05) is 15.9 Å². The van der Waals surface area contributed by atoms with Gasteiger partial charge in [0.1, 0.15) is 5.82 Å². The van der Waals surface area contributed by atoms with E-state index in [1.165, 1.54) is 6.07 Å². The molecule has 2 rings (SSSR count). The molecule has 0 atom stereocenters. The number of alkyl halides is 1. The lowest BCUT2D eigenvalue weighted by atomic mass is 10.1. The molecule has 88 valence electrons. The molecule has 0 N–H and O–H groups in total. The fraction of sp³-hybridized carbons (Fsp3) is 0.455. The molecule has 1 aromatic carbocycles. The first-order valence-corrected chi connectivity index (χ1v) is 7.76. The van der Waals surface area contributed by atoms with E-state index in [1.807, 2.05) is 0 Å². The van der Waals surface area contributed by atoms with Crippen molar-refractivity contribution in [3.63, 3.8) is 0 Å². The van der Waals surface area contributed by atoms with Crippen molar-refractivity contribution >= 4 is 32.4 Å². The molecule has 2 nitrogen and oxygen atoms in total. The quantitative estimate of drug-likeness (QED) is 0.782. The van der Waals surface area contributed by atoms with Crippen LogP contribution in [-0.4, -0.2) is 28.8 Å². The lowest BCUT2D eigenvalue weighted by Gasteiger charge is -2.30. The van der Waals surface area contributed by atoms with E-state index in [0.29, 0.717) is 16.8 Å². The summed E-state index contributed by atoms with van der Waals surface area (Å²) in [6, 6.07) is 4.84. The summed E-state index contributed by atoms with van der Waals surface area (Å²) < 4.78 is 24.3. The van der Waals surface area contributed by atoms with Crippen LogP contribution >= 0.6 is 15.9 Å². The van der Waals surface area contributed by atoms with E-state index in [9.17, 15) is 8.60 Å². The highest BCUT2D eigenvalue weighted by Crippen LogP contribution is 2.24. The van der Waals surface area contributed by atoms with Gasteiger partial charge in [0.25, 0.3) is 0 Å². The highest BCUT2D eigenvalue weighted by Gasteiger charge is 2.17. The summed E-state index contributed by atoms with van der Waals surface area (Å²) in [6.45, 7) is 1.58. The molecular weight excluding hydrogens is 293 g/mol. The fourth-order valence-corrected chi connectivity index (χ4v) is 3.35. The second-order valence-corrected chi connectivity index (χ2v) is 6.00. The highest BCUT2D eigenvalue weighted by molar-refractivity contribution is 9.08. The van der Waals surface area contributed by atoms with Crippen molar-refractivity contribution in [2.24, 2.45) is 0 Å². The van der Waals surface area contributed by atoms with Crippen molar-refractivity contribution in [3.8, 4) is 0 Å². The molecule has 0 bridgehead atoms. The maximum Gasteiger partial charge on any atom is 0.123 e. The summed E-state index contributed by atoms with van der Waals surface area (Å²) in [4.78, 5) is 2.18. The zero-order valence-corrected chi connectivity index (χ0v) is 11.2. The molecule has 0 saturated carbocycles. The number of hydrogen-bond acceptors (Lipinski definition) is 2. The van der Waals surface area contributed by atoms with Crippen LogP contribution < -0.4 is 4.90 Å². The molecule has 0 radical (unpaired) electrons. The van der Waals surface area contributed by atoms with E-state index in [4.69, 9.17) is 0 Å². The largest absolute Gasteiger partial charge is 0.369 e. The van der Waals surface area contributed by atoms with Gasteiger partial charge in [-0.3, -0.25) is 4.21 Å². The molecule has 1 aliphatic heterocycles. The molecule has 0 unspecified atom stereocenters. The van der Waals surface area contributed by atoms with Gasteiger partial charge < -0.3 is 4.90 Å². The van der Waals surface area contributed by atoms with Gasteiger partial charge >= 0.3 is 0 Å². The maximum atomic E-state index is 13.1. The zero-order valence-electron chi connectivity index (χ0n) is 8.79. The van der Waals surface area contributed by atoms with Gasteiger partial charge in [0.2, 0.25) is 0 Å². The number of halogens is 2. The summed E-state index contributed by atoms with van der Waals surface area (Å²) in [5.41, 5.74) is 2.00. The Morgan fingerprint density at radius 2 is 2.06 bits per heavy atom. The first kappa shape index (κ1) is 12.0. The highest BCUT2D eigenvalue weighted by atomic mass is 79.9. The summed E-state index contributed by atoms with van der Waals surface area (Å²) in [6.07, 6.45) is 0. The minimum Gasteiger partial charge on any atom is -0.369 e. The third kappa shape index (κ3) is 2.63. The van der Waals surface area contributed by atoms with E-state index >= 15 is 0 Å². The normalized spacial score (nSPS) is 17.8. The molecule has 0 aliphatic carbocycles. The van der Waals surface area contributed by atoms with Crippen molar-refractivity contribution in [1.29, 1.82) is 0 Å². The average Bonchev–Trinajstić information content (AvgIpc) is 2.30. The predicted molar refractivity (Wildman–Crippen MR) is 69.1 cm³/mol. The number of anilines is 1. The maximum absolute atomic E-state index is 13.1. The molecule has 0 spiro atoms. The van der Waals surface area contributed by atoms with Crippen LogP contribution in [-0.2, 0) is 16.1 Å². The smallest absolute Gasteiger partial charge is 0.123 e. The number of rotatable bonds is 2. The van der Waals surface area contributed by atoms with Crippen LogP contribution in [0.2, 0.25) is 0 Å². The Morgan fingerprint density at radius 3 is 2.69 bits per heavy atom. The van der Waals surface area contributed by atoms with Gasteiger partial charge in [0.05, 0.1) is 0 Å². The van der Waals surface area contributed by atoms with E-state index in [0.717, 1.165) is 24.3 Å². The number of hydrogen-bond donors (Lipinski definition) is 0. The third-order valence-electron chi connectivity index (χ3n) is 2.70. The van der Waals surface area contributed by atoms with E-state index in [2.05, 4.69) is 20.8 Å². The van der Waals surface area contributed by atoms with Crippen molar-refractivity contribution in [3.05, 3.63) is 29.6 Å². The number of benzene rings is 1. The second kappa shape index (κ2) is 5.27. The molecule has 1 aromatic rings. The van der Waals surface area contributed by atoms with Gasteiger partial charge in [-0.15, -0.1) is 0 Å². The van der Waals surface area contributed by atoms with Crippen LogP contribution in [0.25, 0.3) is 0 Å². The number of nitrogens with zero attached hydrogens (tertiary/aromatic N) is 1. The second-order valence-electron chi connectivity index (χ2n) is 3.74. The van der Waals surface area contributed by atoms with Crippen molar-refractivity contribution < 1.29 is 8.60 Å². The van der Waals surface area contributed by atoms with E-state index in [1.54, 1.807) is 12.1 Å². The predicted octanol–water partition coefficient (Wildman–Crippen LogP) is 2.29. The summed E-state index contributed by atoms with van der Waals surface area (Å²) in [7, 11) is -0.675. The molecule has 0 aromatic heterocycles. The van der Waals surface area contributed by atoms with Crippen LogP contribution in [0.1, 0.15) is 5.56 Å². The van der Waals surface area contributed by atoms with E-state index in [-0.39, 0.29) is 5.82 Å². The first-order valence-electron chi connectivity index (χ1n) is 5.15. The van der Waals surface area contributed by atoms with Gasteiger partial charge in [0.15, 0.2) is 0 Å².